The lowest BCUT2D eigenvalue weighted by Crippen LogP contribution is -2.46. The number of anilines is 1. The molecule has 0 fully saturated rings. The van der Waals surface area contributed by atoms with Gasteiger partial charge in [0.05, 0.1) is 5.56 Å². The minimum absolute atomic E-state index is 0.248. The number of aromatic nitrogens is 1. The van der Waals surface area contributed by atoms with Crippen LogP contribution in [0, 0.1) is 0 Å². The van der Waals surface area contributed by atoms with E-state index in [1.165, 1.54) is 6.92 Å². The van der Waals surface area contributed by atoms with Crippen molar-refractivity contribution in [3.63, 3.8) is 0 Å². The van der Waals surface area contributed by atoms with Crippen LogP contribution in [0.5, 0.6) is 0 Å². The lowest BCUT2D eigenvalue weighted by Gasteiger charge is -2.29. The van der Waals surface area contributed by atoms with E-state index in [-0.39, 0.29) is 5.82 Å². The molecule has 0 aromatic carbocycles. The van der Waals surface area contributed by atoms with Crippen LogP contribution in [0.25, 0.3) is 0 Å². The molecule has 6 nitrogen and oxygen atoms in total. The standard InChI is InChI=1S/C14H17F3N2O4/c1-8(11(20)21)19(12(22)23-13(2,3)4)10-6-5-9(7-18-10)14(15,16)17/h5-8H,1-4H3,(H,20,21). The van der Waals surface area contributed by atoms with Gasteiger partial charge in [-0.25, -0.2) is 19.5 Å². The molecule has 9 heteroatoms. The molecule has 1 unspecified atom stereocenters. The normalized spacial score (nSPS) is 13.3. The average molecular weight is 334 g/mol. The van der Waals surface area contributed by atoms with Crippen molar-refractivity contribution in [1.29, 1.82) is 0 Å². The fourth-order valence-corrected chi connectivity index (χ4v) is 1.57. The van der Waals surface area contributed by atoms with Crippen LogP contribution in [0.2, 0.25) is 0 Å². The summed E-state index contributed by atoms with van der Waals surface area (Å²) in [5, 5.41) is 9.09. The molecule has 0 aliphatic carbocycles. The maximum atomic E-state index is 12.5. The van der Waals surface area contributed by atoms with Crippen LogP contribution in [0.3, 0.4) is 0 Å². The number of amides is 1. The zero-order valence-corrected chi connectivity index (χ0v) is 13.0. The number of nitrogens with zero attached hydrogens (tertiary/aromatic N) is 2. The summed E-state index contributed by atoms with van der Waals surface area (Å²) in [6.07, 6.45) is -5.07. The number of ether oxygens (including phenoxy) is 1. The molecule has 0 radical (unpaired) electrons. The van der Waals surface area contributed by atoms with E-state index in [1.807, 2.05) is 0 Å². The Hall–Kier alpha value is -2.32. The molecular formula is C14H17F3N2O4. The zero-order valence-electron chi connectivity index (χ0n) is 13.0. The number of aliphatic carboxylic acids is 1. The molecule has 23 heavy (non-hydrogen) atoms. The van der Waals surface area contributed by atoms with Crippen molar-refractivity contribution in [3.05, 3.63) is 23.9 Å². The van der Waals surface area contributed by atoms with Crippen LogP contribution in [0.15, 0.2) is 18.3 Å². The van der Waals surface area contributed by atoms with Crippen molar-refractivity contribution in [2.24, 2.45) is 0 Å². The first-order valence-corrected chi connectivity index (χ1v) is 6.61. The average Bonchev–Trinajstić information content (AvgIpc) is 2.36. The number of carbonyl (C=O) groups is 2. The van der Waals surface area contributed by atoms with E-state index in [0.29, 0.717) is 17.2 Å². The van der Waals surface area contributed by atoms with Gasteiger partial charge in [-0.2, -0.15) is 13.2 Å². The third kappa shape index (κ3) is 5.11. The highest BCUT2D eigenvalue weighted by Crippen LogP contribution is 2.30. The Morgan fingerprint density at radius 2 is 1.83 bits per heavy atom. The van der Waals surface area contributed by atoms with E-state index < -0.39 is 35.4 Å². The number of hydrogen-bond donors (Lipinski definition) is 1. The van der Waals surface area contributed by atoms with E-state index in [2.05, 4.69) is 4.98 Å². The summed E-state index contributed by atoms with van der Waals surface area (Å²) in [6, 6.07) is 0.273. The molecule has 0 aliphatic rings. The summed E-state index contributed by atoms with van der Waals surface area (Å²) in [4.78, 5) is 27.5. The molecule has 1 amide bonds. The lowest BCUT2D eigenvalue weighted by molar-refractivity contribution is -0.139. The molecule has 0 saturated carbocycles. The Morgan fingerprint density at radius 3 is 2.17 bits per heavy atom. The van der Waals surface area contributed by atoms with Gasteiger partial charge in [0.25, 0.3) is 0 Å². The SMILES string of the molecule is CC(C(=O)O)N(C(=O)OC(C)(C)C)c1ccc(C(F)(F)F)cn1. The molecule has 1 atom stereocenters. The van der Waals surface area contributed by atoms with Crippen LogP contribution in [-0.4, -0.2) is 33.8 Å². The number of carbonyl (C=O) groups excluding carboxylic acids is 1. The van der Waals surface area contributed by atoms with Crippen molar-refractivity contribution in [2.45, 2.75) is 45.5 Å². The van der Waals surface area contributed by atoms with E-state index in [1.54, 1.807) is 20.8 Å². The Morgan fingerprint density at radius 1 is 1.26 bits per heavy atom. The molecule has 1 rings (SSSR count). The first-order valence-electron chi connectivity index (χ1n) is 6.61. The van der Waals surface area contributed by atoms with Gasteiger partial charge in [0.15, 0.2) is 0 Å². The molecule has 1 aromatic heterocycles. The third-order valence-corrected chi connectivity index (χ3v) is 2.66. The second kappa shape index (κ2) is 6.43. The smallest absolute Gasteiger partial charge is 0.417 e. The van der Waals surface area contributed by atoms with Crippen molar-refractivity contribution in [3.8, 4) is 0 Å². The van der Waals surface area contributed by atoms with Gasteiger partial charge in [-0.05, 0) is 39.8 Å². The predicted molar refractivity (Wildman–Crippen MR) is 75.0 cm³/mol. The summed E-state index contributed by atoms with van der Waals surface area (Å²) >= 11 is 0. The number of pyridine rings is 1. The molecule has 1 N–H and O–H groups in total. The number of halogens is 3. The van der Waals surface area contributed by atoms with Crippen molar-refractivity contribution >= 4 is 17.9 Å². The maximum absolute atomic E-state index is 12.5. The van der Waals surface area contributed by atoms with Crippen LogP contribution in [-0.2, 0) is 15.7 Å². The molecule has 1 aromatic rings. The third-order valence-electron chi connectivity index (χ3n) is 2.66. The van der Waals surface area contributed by atoms with Gasteiger partial charge in [-0.1, -0.05) is 0 Å². The fraction of sp³-hybridized carbons (Fsp3) is 0.500. The van der Waals surface area contributed by atoms with Crippen LogP contribution in [0.1, 0.15) is 33.3 Å². The molecule has 128 valence electrons. The van der Waals surface area contributed by atoms with Crippen LogP contribution in [0.4, 0.5) is 23.8 Å². The summed E-state index contributed by atoms with van der Waals surface area (Å²) < 4.78 is 42.7. The minimum atomic E-state index is -4.58. The van der Waals surface area contributed by atoms with Gasteiger partial charge in [-0.15, -0.1) is 0 Å². The molecule has 1 heterocycles. The summed E-state index contributed by atoms with van der Waals surface area (Å²) in [5.74, 6) is -1.60. The predicted octanol–water partition coefficient (Wildman–Crippen LogP) is 3.32. The first-order chi connectivity index (χ1) is 10.3. The summed E-state index contributed by atoms with van der Waals surface area (Å²) in [5.41, 5.74) is -1.91. The van der Waals surface area contributed by atoms with Gasteiger partial charge in [0, 0.05) is 6.20 Å². The Labute approximate surface area is 130 Å². The molecular weight excluding hydrogens is 317 g/mol. The Kier molecular flexibility index (Phi) is 5.24. The Bertz CT molecular complexity index is 579. The minimum Gasteiger partial charge on any atom is -0.480 e. The van der Waals surface area contributed by atoms with Crippen LogP contribution < -0.4 is 4.90 Å². The quantitative estimate of drug-likeness (QED) is 0.917. The van der Waals surface area contributed by atoms with E-state index in [4.69, 9.17) is 9.84 Å². The number of carboxylic acid groups (broad SMARTS) is 1. The van der Waals surface area contributed by atoms with Gasteiger partial charge in [0.2, 0.25) is 0 Å². The Balaban J connectivity index is 3.19. The van der Waals surface area contributed by atoms with Gasteiger partial charge < -0.3 is 9.84 Å². The second-order valence-corrected chi connectivity index (χ2v) is 5.77. The van der Waals surface area contributed by atoms with Crippen molar-refractivity contribution in [2.75, 3.05) is 4.90 Å². The molecule has 0 aliphatic heterocycles. The number of alkyl halides is 3. The number of rotatable bonds is 3. The maximum Gasteiger partial charge on any atom is 0.417 e. The zero-order chi connectivity index (χ0) is 18.0. The van der Waals surface area contributed by atoms with E-state index in [9.17, 15) is 22.8 Å². The second-order valence-electron chi connectivity index (χ2n) is 5.77. The molecule has 0 saturated heterocycles. The monoisotopic (exact) mass is 334 g/mol. The summed E-state index contributed by atoms with van der Waals surface area (Å²) in [7, 11) is 0. The first kappa shape index (κ1) is 18.7. The molecule has 0 bridgehead atoms. The highest BCUT2D eigenvalue weighted by Gasteiger charge is 2.34. The molecule has 0 spiro atoms. The van der Waals surface area contributed by atoms with Gasteiger partial charge in [-0.3, -0.25) is 0 Å². The largest absolute Gasteiger partial charge is 0.480 e. The number of hydrogen-bond acceptors (Lipinski definition) is 4. The van der Waals surface area contributed by atoms with Crippen molar-refractivity contribution < 1.29 is 32.6 Å². The highest BCUT2D eigenvalue weighted by molar-refractivity contribution is 5.94. The van der Waals surface area contributed by atoms with Crippen LogP contribution >= 0.6 is 0 Å². The lowest BCUT2D eigenvalue weighted by atomic mass is 10.2. The topological polar surface area (TPSA) is 79.7 Å². The van der Waals surface area contributed by atoms with E-state index in [0.717, 1.165) is 6.07 Å². The van der Waals surface area contributed by atoms with Gasteiger partial charge >= 0.3 is 18.2 Å². The summed E-state index contributed by atoms with van der Waals surface area (Å²) in [6.45, 7) is 5.93. The fourth-order valence-electron chi connectivity index (χ4n) is 1.57. The van der Waals surface area contributed by atoms with E-state index >= 15 is 0 Å². The van der Waals surface area contributed by atoms with Gasteiger partial charge in [0.1, 0.15) is 17.5 Å². The van der Waals surface area contributed by atoms with Crippen molar-refractivity contribution in [1.82, 2.24) is 4.98 Å². The highest BCUT2D eigenvalue weighted by atomic mass is 19.4. The number of carboxylic acids is 1.